The molecule has 2 saturated heterocycles. The third-order valence-electron chi connectivity index (χ3n) is 3.96. The van der Waals surface area contributed by atoms with Gasteiger partial charge in [0.2, 0.25) is 0 Å². The summed E-state index contributed by atoms with van der Waals surface area (Å²) in [6, 6.07) is 9.77. The first-order valence-corrected chi connectivity index (χ1v) is 6.75. The number of ketones is 1. The molecule has 0 aromatic heterocycles. The normalized spacial score (nSPS) is 25.5. The standard InChI is InChI=1S/C15H17NO3/c17-14-8-12-6-7-13(9-14)16(12)15(18)19-10-11-4-2-1-3-5-11/h1-5,12-13H,6-10H2/t12-,13?/m0/s1. The van der Waals surface area contributed by atoms with Gasteiger partial charge in [-0.25, -0.2) is 4.79 Å². The minimum Gasteiger partial charge on any atom is -0.445 e. The van der Waals surface area contributed by atoms with Gasteiger partial charge in [0.1, 0.15) is 12.4 Å². The molecule has 4 heteroatoms. The van der Waals surface area contributed by atoms with Crippen LogP contribution in [0.25, 0.3) is 0 Å². The first kappa shape index (κ1) is 12.2. The van der Waals surface area contributed by atoms with Gasteiger partial charge < -0.3 is 9.64 Å². The lowest BCUT2D eigenvalue weighted by Crippen LogP contribution is -2.46. The lowest BCUT2D eigenvalue weighted by atomic mass is 10.0. The zero-order valence-electron chi connectivity index (χ0n) is 10.7. The molecule has 2 bridgehead atoms. The summed E-state index contributed by atoms with van der Waals surface area (Å²) in [4.78, 5) is 25.4. The summed E-state index contributed by atoms with van der Waals surface area (Å²) in [6.45, 7) is 0.295. The highest BCUT2D eigenvalue weighted by molar-refractivity contribution is 5.83. The van der Waals surface area contributed by atoms with E-state index in [2.05, 4.69) is 0 Å². The third kappa shape index (κ3) is 2.48. The maximum atomic E-state index is 12.1. The average Bonchev–Trinajstić information content (AvgIpc) is 2.70. The molecule has 3 rings (SSSR count). The van der Waals surface area contributed by atoms with Crippen LogP contribution in [0.4, 0.5) is 4.79 Å². The van der Waals surface area contributed by atoms with Gasteiger partial charge in [0.25, 0.3) is 0 Å². The van der Waals surface area contributed by atoms with Crippen LogP contribution in [0.3, 0.4) is 0 Å². The Balaban J connectivity index is 1.61. The maximum Gasteiger partial charge on any atom is 0.410 e. The highest BCUT2D eigenvalue weighted by Gasteiger charge is 2.43. The molecular formula is C15H17NO3. The van der Waals surface area contributed by atoms with E-state index in [1.807, 2.05) is 30.3 Å². The van der Waals surface area contributed by atoms with Crippen molar-refractivity contribution in [3.05, 3.63) is 35.9 Å². The van der Waals surface area contributed by atoms with E-state index >= 15 is 0 Å². The Hall–Kier alpha value is -1.84. The summed E-state index contributed by atoms with van der Waals surface area (Å²) in [6.07, 6.45) is 2.57. The lowest BCUT2D eigenvalue weighted by Gasteiger charge is -2.33. The van der Waals surface area contributed by atoms with Crippen LogP contribution >= 0.6 is 0 Å². The number of carbonyl (C=O) groups is 2. The molecule has 0 N–H and O–H groups in total. The van der Waals surface area contributed by atoms with Crippen molar-refractivity contribution < 1.29 is 14.3 Å². The number of nitrogens with zero attached hydrogens (tertiary/aromatic N) is 1. The fourth-order valence-electron chi connectivity index (χ4n) is 3.06. The summed E-state index contributed by atoms with van der Waals surface area (Å²) >= 11 is 0. The fourth-order valence-corrected chi connectivity index (χ4v) is 3.06. The van der Waals surface area contributed by atoms with Gasteiger partial charge in [-0.2, -0.15) is 0 Å². The van der Waals surface area contributed by atoms with E-state index < -0.39 is 0 Å². The molecule has 0 aliphatic carbocycles. The zero-order valence-corrected chi connectivity index (χ0v) is 10.7. The number of rotatable bonds is 2. The molecule has 0 saturated carbocycles. The number of benzene rings is 1. The molecule has 4 nitrogen and oxygen atoms in total. The Morgan fingerprint density at radius 1 is 1.16 bits per heavy atom. The van der Waals surface area contributed by atoms with Crippen LogP contribution in [0.1, 0.15) is 31.2 Å². The first-order chi connectivity index (χ1) is 9.24. The van der Waals surface area contributed by atoms with Gasteiger partial charge in [0, 0.05) is 24.9 Å². The van der Waals surface area contributed by atoms with Gasteiger partial charge in [-0.05, 0) is 18.4 Å². The minimum absolute atomic E-state index is 0.0644. The molecule has 0 radical (unpaired) electrons. The summed E-state index contributed by atoms with van der Waals surface area (Å²) in [5.41, 5.74) is 0.983. The smallest absolute Gasteiger partial charge is 0.410 e. The molecule has 19 heavy (non-hydrogen) atoms. The van der Waals surface area contributed by atoms with Crippen LogP contribution in [-0.4, -0.2) is 28.9 Å². The third-order valence-corrected chi connectivity index (χ3v) is 3.96. The molecule has 0 spiro atoms. The average molecular weight is 259 g/mol. The van der Waals surface area contributed by atoms with Gasteiger partial charge in [-0.15, -0.1) is 0 Å². The minimum atomic E-state index is -0.274. The molecule has 1 unspecified atom stereocenters. The summed E-state index contributed by atoms with van der Waals surface area (Å²) < 4.78 is 5.36. The lowest BCUT2D eigenvalue weighted by molar-refractivity contribution is -0.123. The zero-order chi connectivity index (χ0) is 13.2. The predicted octanol–water partition coefficient (Wildman–Crippen LogP) is 2.52. The number of ether oxygens (including phenoxy) is 1. The number of amides is 1. The van der Waals surface area contributed by atoms with Crippen LogP contribution < -0.4 is 0 Å². The van der Waals surface area contributed by atoms with Crippen LogP contribution in [0.2, 0.25) is 0 Å². The van der Waals surface area contributed by atoms with E-state index in [1.165, 1.54) is 0 Å². The van der Waals surface area contributed by atoms with E-state index in [0.29, 0.717) is 19.4 Å². The van der Waals surface area contributed by atoms with Crippen LogP contribution in [0.15, 0.2) is 30.3 Å². The quantitative estimate of drug-likeness (QED) is 0.820. The van der Waals surface area contributed by atoms with E-state index in [0.717, 1.165) is 18.4 Å². The number of piperidine rings is 1. The predicted molar refractivity (Wildman–Crippen MR) is 69.5 cm³/mol. The molecule has 2 aliphatic heterocycles. The molecule has 1 aromatic carbocycles. The second-order valence-corrected chi connectivity index (χ2v) is 5.28. The summed E-state index contributed by atoms with van der Waals surface area (Å²) in [5.74, 6) is 0.277. The molecule has 2 heterocycles. The van der Waals surface area contributed by atoms with Gasteiger partial charge in [-0.1, -0.05) is 30.3 Å². The van der Waals surface area contributed by atoms with Crippen molar-refractivity contribution in [3.8, 4) is 0 Å². The second-order valence-electron chi connectivity index (χ2n) is 5.28. The van der Waals surface area contributed by atoms with Crippen molar-refractivity contribution in [3.63, 3.8) is 0 Å². The van der Waals surface area contributed by atoms with Crippen LogP contribution in [0, 0.1) is 0 Å². The van der Waals surface area contributed by atoms with Gasteiger partial charge >= 0.3 is 6.09 Å². The molecule has 100 valence electrons. The van der Waals surface area contributed by atoms with E-state index in [-0.39, 0.29) is 24.0 Å². The largest absolute Gasteiger partial charge is 0.445 e. The Morgan fingerprint density at radius 3 is 2.42 bits per heavy atom. The number of Topliss-reactive ketones (excluding diaryl/α,β-unsaturated/α-hetero) is 1. The molecule has 2 fully saturated rings. The Labute approximate surface area is 112 Å². The second kappa shape index (κ2) is 5.03. The number of carbonyl (C=O) groups excluding carboxylic acids is 2. The van der Waals surface area contributed by atoms with Gasteiger partial charge in [0.05, 0.1) is 0 Å². The van der Waals surface area contributed by atoms with Crippen LogP contribution in [0.5, 0.6) is 0 Å². The van der Waals surface area contributed by atoms with Gasteiger partial charge in [-0.3, -0.25) is 4.79 Å². The SMILES string of the molecule is O=C1CC2CC[C@@H](C1)N2C(=O)OCc1ccccc1. The first-order valence-electron chi connectivity index (χ1n) is 6.75. The van der Waals surface area contributed by atoms with Crippen molar-refractivity contribution >= 4 is 11.9 Å². The monoisotopic (exact) mass is 259 g/mol. The van der Waals surface area contributed by atoms with Gasteiger partial charge in [0.15, 0.2) is 0 Å². The Kier molecular flexibility index (Phi) is 3.23. The van der Waals surface area contributed by atoms with Crippen molar-refractivity contribution in [1.82, 2.24) is 4.90 Å². The van der Waals surface area contributed by atoms with E-state index in [1.54, 1.807) is 4.90 Å². The Bertz CT molecular complexity index is 469. The Morgan fingerprint density at radius 2 is 1.79 bits per heavy atom. The number of hydrogen-bond acceptors (Lipinski definition) is 3. The molecule has 2 aliphatic rings. The number of hydrogen-bond donors (Lipinski definition) is 0. The summed E-state index contributed by atoms with van der Waals surface area (Å²) in [5, 5.41) is 0. The van der Waals surface area contributed by atoms with Crippen molar-refractivity contribution in [2.45, 2.75) is 44.4 Å². The molecular weight excluding hydrogens is 242 g/mol. The molecule has 2 atom stereocenters. The van der Waals surface area contributed by atoms with E-state index in [4.69, 9.17) is 4.74 Å². The maximum absolute atomic E-state index is 12.1. The molecule has 1 amide bonds. The highest BCUT2D eigenvalue weighted by atomic mass is 16.6. The van der Waals surface area contributed by atoms with Crippen molar-refractivity contribution in [2.75, 3.05) is 0 Å². The highest BCUT2D eigenvalue weighted by Crippen LogP contribution is 2.34. The van der Waals surface area contributed by atoms with Crippen molar-refractivity contribution in [2.24, 2.45) is 0 Å². The fraction of sp³-hybridized carbons (Fsp3) is 0.467. The molecule has 1 aromatic rings. The topological polar surface area (TPSA) is 46.6 Å². The van der Waals surface area contributed by atoms with Crippen LogP contribution in [-0.2, 0) is 16.1 Å². The van der Waals surface area contributed by atoms with Crippen molar-refractivity contribution in [1.29, 1.82) is 0 Å². The number of fused-ring (bicyclic) bond motifs is 2. The summed E-state index contributed by atoms with van der Waals surface area (Å²) in [7, 11) is 0. The van der Waals surface area contributed by atoms with E-state index in [9.17, 15) is 9.59 Å².